The van der Waals surface area contributed by atoms with Crippen LogP contribution in [-0.2, 0) is 42.1 Å². The van der Waals surface area contributed by atoms with Crippen molar-refractivity contribution in [1.29, 1.82) is 0 Å². The second-order valence-corrected chi connectivity index (χ2v) is 13.2. The lowest BCUT2D eigenvalue weighted by Crippen LogP contribution is -2.70. The first-order chi connectivity index (χ1) is 17.9. The van der Waals surface area contributed by atoms with Gasteiger partial charge >= 0.3 is 11.9 Å². The zero-order chi connectivity index (χ0) is 27.8. The molecule has 4 heterocycles. The van der Waals surface area contributed by atoms with Crippen molar-refractivity contribution in [3.05, 3.63) is 36.2 Å². The lowest BCUT2D eigenvalue weighted by atomic mass is 9.98. The third kappa shape index (κ3) is 5.79. The molecule has 17 heteroatoms. The molecule has 0 radical (unpaired) electrons. The number of β-lactam (4-membered cyclic amide) rings is 1. The van der Waals surface area contributed by atoms with Gasteiger partial charge in [0.05, 0.1) is 17.1 Å². The Morgan fingerprint density at radius 3 is 2.61 bits per heavy atom. The van der Waals surface area contributed by atoms with E-state index in [1.54, 1.807) is 33.2 Å². The molecular formula is C21H24N6O7S4. The first-order valence-corrected chi connectivity index (χ1v) is 14.4. The van der Waals surface area contributed by atoms with Crippen LogP contribution in [0.5, 0.6) is 0 Å². The van der Waals surface area contributed by atoms with E-state index in [9.17, 15) is 24.0 Å². The number of ether oxygens (including phenoxy) is 2. The van der Waals surface area contributed by atoms with Crippen molar-refractivity contribution in [3.63, 3.8) is 0 Å². The van der Waals surface area contributed by atoms with E-state index in [2.05, 4.69) is 33.5 Å². The van der Waals surface area contributed by atoms with Crippen LogP contribution in [0.25, 0.3) is 0 Å². The molecular weight excluding hydrogens is 577 g/mol. The summed E-state index contributed by atoms with van der Waals surface area (Å²) in [5.41, 5.74) is -0.425. The fourth-order valence-electron chi connectivity index (χ4n) is 3.62. The molecule has 2 aliphatic rings. The van der Waals surface area contributed by atoms with E-state index in [0.717, 1.165) is 22.7 Å². The van der Waals surface area contributed by atoms with Crippen molar-refractivity contribution in [2.75, 3.05) is 12.5 Å². The summed E-state index contributed by atoms with van der Waals surface area (Å²) in [5.74, 6) is -1.76. The summed E-state index contributed by atoms with van der Waals surface area (Å²) in [7, 11) is 1.62. The number of carbonyl (C=O) groups excluding carboxylic acids is 4. The Morgan fingerprint density at radius 2 is 2.00 bits per heavy atom. The topological polar surface area (TPSA) is 163 Å². The van der Waals surface area contributed by atoms with Crippen LogP contribution in [0.4, 0.5) is 0 Å². The molecule has 3 atom stereocenters. The number of nitrogens with one attached hydrogen (secondary N) is 1. The van der Waals surface area contributed by atoms with Gasteiger partial charge in [-0.3, -0.25) is 24.1 Å². The predicted octanol–water partition coefficient (Wildman–Crippen LogP) is 0.651. The maximum atomic E-state index is 13.2. The summed E-state index contributed by atoms with van der Waals surface area (Å²) >= 11 is 7.94. The lowest BCUT2D eigenvalue weighted by molar-refractivity contribution is -0.173. The number of thiol groups is 1. The van der Waals surface area contributed by atoms with Gasteiger partial charge in [0.2, 0.25) is 12.7 Å². The Bertz CT molecular complexity index is 1360. The summed E-state index contributed by atoms with van der Waals surface area (Å²) in [6.07, 6.45) is -0.0302. The molecule has 1 fully saturated rings. The highest BCUT2D eigenvalue weighted by molar-refractivity contribution is 8.00. The highest BCUT2D eigenvalue weighted by atomic mass is 32.2. The normalized spacial score (nSPS) is 19.9. The van der Waals surface area contributed by atoms with Crippen LogP contribution in [0.3, 0.4) is 0 Å². The zero-order valence-electron chi connectivity index (χ0n) is 20.7. The van der Waals surface area contributed by atoms with Crippen LogP contribution in [0.15, 0.2) is 21.4 Å². The number of carbonyl (C=O) groups is 4. The summed E-state index contributed by atoms with van der Waals surface area (Å²) in [4.78, 5) is 64.3. The van der Waals surface area contributed by atoms with Crippen LogP contribution in [0.2, 0.25) is 0 Å². The van der Waals surface area contributed by atoms with Crippen LogP contribution in [-0.4, -0.2) is 72.8 Å². The molecule has 13 nitrogen and oxygen atoms in total. The summed E-state index contributed by atoms with van der Waals surface area (Å²) in [6.45, 7) is 4.34. The largest absolute Gasteiger partial charge is 0.427 e. The number of hydrogen-bond acceptors (Lipinski definition) is 14. The van der Waals surface area contributed by atoms with Crippen molar-refractivity contribution in [2.45, 2.75) is 43.9 Å². The Balaban J connectivity index is 1.54. The van der Waals surface area contributed by atoms with Crippen LogP contribution >= 0.6 is 47.1 Å². The number of fused-ring (bicyclic) bond motifs is 1. The van der Waals surface area contributed by atoms with Gasteiger partial charge < -0.3 is 14.8 Å². The second-order valence-electron chi connectivity index (χ2n) is 9.35. The van der Waals surface area contributed by atoms with Gasteiger partial charge in [-0.2, -0.15) is 12.6 Å². The fourth-order valence-corrected chi connectivity index (χ4v) is 7.28. The number of aromatic nitrogens is 4. The second kappa shape index (κ2) is 11.2. The molecule has 38 heavy (non-hydrogen) atoms. The van der Waals surface area contributed by atoms with E-state index in [1.165, 1.54) is 21.3 Å². The van der Waals surface area contributed by atoms with Gasteiger partial charge in [0.15, 0.2) is 5.82 Å². The standard InChI is InChI=1S/C21H24N6O7S4/c1-21(2,3)19(31)34-8-33-18(30)13-10(14(35)15-23-24-25-26(15)4)7-36-17-12(16(29)27(13)17)22-11(28)5-9-6-37-20(32)38-9/h6,12,14,17,35H,5,7-8H2,1-4H3,(H,22,28). The average Bonchev–Trinajstić information content (AvgIpc) is 3.47. The molecule has 0 saturated carbocycles. The van der Waals surface area contributed by atoms with Gasteiger partial charge in [0.25, 0.3) is 9.96 Å². The molecule has 4 rings (SSSR count). The van der Waals surface area contributed by atoms with E-state index in [-0.39, 0.29) is 21.9 Å². The van der Waals surface area contributed by atoms with Crippen LogP contribution < -0.4 is 9.37 Å². The minimum atomic E-state index is -0.887. The number of nitrogens with zero attached hydrogens (tertiary/aromatic N) is 5. The zero-order valence-corrected chi connectivity index (χ0v) is 24.0. The highest BCUT2D eigenvalue weighted by Gasteiger charge is 2.55. The number of hydrogen-bond donors (Lipinski definition) is 2. The predicted molar refractivity (Wildman–Crippen MR) is 141 cm³/mol. The number of tetrazole rings is 1. The van der Waals surface area contributed by atoms with Crippen molar-refractivity contribution >= 4 is 70.8 Å². The number of aryl methyl sites for hydroxylation is 1. The monoisotopic (exact) mass is 600 g/mol. The third-order valence-electron chi connectivity index (χ3n) is 5.56. The van der Waals surface area contributed by atoms with E-state index in [0.29, 0.717) is 16.3 Å². The van der Waals surface area contributed by atoms with Crippen LogP contribution in [0, 0.1) is 5.41 Å². The molecule has 0 aromatic carbocycles. The molecule has 1 N–H and O–H groups in total. The van der Waals surface area contributed by atoms with Crippen molar-refractivity contribution in [1.82, 2.24) is 30.4 Å². The lowest BCUT2D eigenvalue weighted by Gasteiger charge is -2.50. The molecule has 3 unspecified atom stereocenters. The number of esters is 2. The molecule has 2 aliphatic heterocycles. The quantitative estimate of drug-likeness (QED) is 0.189. The van der Waals surface area contributed by atoms with E-state index in [4.69, 9.17) is 9.47 Å². The maximum absolute atomic E-state index is 13.2. The molecule has 2 amide bonds. The Kier molecular flexibility index (Phi) is 8.29. The molecule has 204 valence electrons. The Labute approximate surface area is 234 Å². The van der Waals surface area contributed by atoms with Gasteiger partial charge in [-0.15, -0.1) is 16.9 Å². The minimum Gasteiger partial charge on any atom is -0.427 e. The highest BCUT2D eigenvalue weighted by Crippen LogP contribution is 2.45. The van der Waals surface area contributed by atoms with Gasteiger partial charge in [0.1, 0.15) is 17.1 Å². The molecule has 2 aromatic heterocycles. The Hall–Kier alpha value is -2.76. The van der Waals surface area contributed by atoms with E-state index >= 15 is 0 Å². The molecule has 0 bridgehead atoms. The molecule has 0 spiro atoms. The van der Waals surface area contributed by atoms with Gasteiger partial charge in [-0.25, -0.2) is 9.48 Å². The Morgan fingerprint density at radius 1 is 1.26 bits per heavy atom. The van der Waals surface area contributed by atoms with Crippen molar-refractivity contribution in [2.24, 2.45) is 12.5 Å². The molecule has 0 aliphatic carbocycles. The molecule has 2 aromatic rings. The van der Waals surface area contributed by atoms with E-state index < -0.39 is 52.6 Å². The minimum absolute atomic E-state index is 0.0302. The summed E-state index contributed by atoms with van der Waals surface area (Å²) < 4.78 is 11.6. The van der Waals surface area contributed by atoms with E-state index in [1.807, 2.05) is 0 Å². The average molecular weight is 601 g/mol. The molecule has 1 saturated heterocycles. The van der Waals surface area contributed by atoms with Crippen LogP contribution in [0.1, 0.15) is 36.7 Å². The first-order valence-electron chi connectivity index (χ1n) is 11.2. The van der Waals surface area contributed by atoms with Gasteiger partial charge in [-0.05, 0) is 36.8 Å². The number of thioether (sulfide) groups is 1. The van der Waals surface area contributed by atoms with Crippen molar-refractivity contribution in [3.8, 4) is 0 Å². The third-order valence-corrected chi connectivity index (χ3v) is 9.38. The SMILES string of the molecule is Cn1nnnc1C(S)C1=C(C(=O)OCOC(=O)C(C)(C)C)N2C(=O)C(NC(=O)Cc3csc(=O)s3)C2SC1. The number of rotatable bonds is 8. The van der Waals surface area contributed by atoms with Gasteiger partial charge in [0, 0.05) is 23.1 Å². The summed E-state index contributed by atoms with van der Waals surface area (Å²) in [5, 5.41) is 14.3. The summed E-state index contributed by atoms with van der Waals surface area (Å²) in [6, 6.07) is -0.874. The fraction of sp³-hybridized carbons (Fsp3) is 0.524. The van der Waals surface area contributed by atoms with Gasteiger partial charge in [-0.1, -0.05) is 22.7 Å². The van der Waals surface area contributed by atoms with Crippen molar-refractivity contribution < 1.29 is 28.7 Å². The maximum Gasteiger partial charge on any atom is 0.358 e. The smallest absolute Gasteiger partial charge is 0.358 e. The first kappa shape index (κ1) is 28.3. The number of amides is 2.